The van der Waals surface area contributed by atoms with Crippen molar-refractivity contribution in [1.29, 1.82) is 0 Å². The smallest absolute Gasteiger partial charge is 0.477 e. The maximum absolute atomic E-state index is 11.2. The van der Waals surface area contributed by atoms with Crippen molar-refractivity contribution in [2.75, 3.05) is 6.54 Å². The molecule has 31 heavy (non-hydrogen) atoms. The molecule has 0 radical (unpaired) electrons. The average Bonchev–Trinajstić information content (AvgIpc) is 2.75. The molecule has 2 heterocycles. The second-order valence-electron chi connectivity index (χ2n) is 5.81. The fraction of sp³-hybridized carbons (Fsp3) is 0.208. The maximum Gasteiger partial charge on any atom is 1.00 e. The predicted molar refractivity (Wildman–Crippen MR) is 123 cm³/mol. The van der Waals surface area contributed by atoms with E-state index in [1.165, 1.54) is 12.3 Å². The molecule has 0 bridgehead atoms. The number of carboxylic acids is 1. The molecule has 0 saturated carbocycles. The molecular formula is C24H32CuN4O2-. The van der Waals surface area contributed by atoms with Crippen molar-refractivity contribution < 1.29 is 27.0 Å². The van der Waals surface area contributed by atoms with Gasteiger partial charge < -0.3 is 23.2 Å². The van der Waals surface area contributed by atoms with E-state index in [9.17, 15) is 4.79 Å². The predicted octanol–water partition coefficient (Wildman–Crippen LogP) is 4.44. The van der Waals surface area contributed by atoms with Gasteiger partial charge in [-0.05, 0) is 43.1 Å². The number of rotatable bonds is 9. The monoisotopic (exact) mass is 471 g/mol. The van der Waals surface area contributed by atoms with Crippen LogP contribution in [0.1, 0.15) is 35.7 Å². The number of allylic oxidation sites excluding steroid dienone is 3. The van der Waals surface area contributed by atoms with Crippen LogP contribution in [0.3, 0.4) is 0 Å². The zero-order valence-electron chi connectivity index (χ0n) is 18.3. The second-order valence-corrected chi connectivity index (χ2v) is 5.81. The number of carboxylic acid groups (broad SMARTS) is 1. The summed E-state index contributed by atoms with van der Waals surface area (Å²) in [6, 6.07) is 10.8. The Morgan fingerprint density at radius 1 is 1.13 bits per heavy atom. The number of carbonyl (C=O) groups is 1. The first-order chi connectivity index (χ1) is 14.1. The van der Waals surface area contributed by atoms with Crippen molar-refractivity contribution >= 4 is 5.97 Å². The molecular weight excluding hydrogens is 440 g/mol. The van der Waals surface area contributed by atoms with Crippen molar-refractivity contribution in [3.05, 3.63) is 110 Å². The second kappa shape index (κ2) is 18.0. The summed E-state index contributed by atoms with van der Waals surface area (Å²) in [6.07, 6.45) is 10.5. The van der Waals surface area contributed by atoms with E-state index in [4.69, 9.17) is 10.8 Å². The Morgan fingerprint density at radius 3 is 2.39 bits per heavy atom. The van der Waals surface area contributed by atoms with Crippen LogP contribution in [0, 0.1) is 14.4 Å². The molecule has 2 aromatic rings. The van der Waals surface area contributed by atoms with Crippen LogP contribution in [0.25, 0.3) is 0 Å². The topological polar surface area (TPSA) is 92.3 Å². The molecule has 0 amide bonds. The van der Waals surface area contributed by atoms with Gasteiger partial charge in [-0.1, -0.05) is 32.1 Å². The van der Waals surface area contributed by atoms with Crippen LogP contribution < -0.4 is 5.73 Å². The summed E-state index contributed by atoms with van der Waals surface area (Å²) >= 11 is 0. The summed E-state index contributed by atoms with van der Waals surface area (Å²) in [6.45, 7) is 9.55. The minimum absolute atomic E-state index is 0. The zero-order valence-corrected chi connectivity index (χ0v) is 19.3. The van der Waals surface area contributed by atoms with E-state index in [-0.39, 0.29) is 30.2 Å². The van der Waals surface area contributed by atoms with Gasteiger partial charge in [-0.2, -0.15) is 5.57 Å². The third-order valence-corrected chi connectivity index (χ3v) is 3.72. The summed E-state index contributed by atoms with van der Waals surface area (Å²) in [5.41, 5.74) is 7.99. The Morgan fingerprint density at radius 2 is 1.81 bits per heavy atom. The van der Waals surface area contributed by atoms with Gasteiger partial charge in [-0.3, -0.25) is 4.98 Å². The number of pyridine rings is 2. The molecule has 2 aromatic heterocycles. The molecule has 6 nitrogen and oxygen atoms in total. The van der Waals surface area contributed by atoms with Crippen LogP contribution in [-0.2, 0) is 30.2 Å². The summed E-state index contributed by atoms with van der Waals surface area (Å²) in [5, 5.41) is 9.15. The van der Waals surface area contributed by atoms with E-state index in [1.54, 1.807) is 24.4 Å². The van der Waals surface area contributed by atoms with Crippen LogP contribution in [0.15, 0.2) is 78.7 Å². The summed E-state index contributed by atoms with van der Waals surface area (Å²) < 4.78 is 0. The van der Waals surface area contributed by atoms with Crippen LogP contribution in [0.4, 0.5) is 0 Å². The number of nitrogens with zero attached hydrogens (tertiary/aromatic N) is 3. The molecule has 0 fully saturated rings. The summed E-state index contributed by atoms with van der Waals surface area (Å²) in [5.74, 6) is -1.04. The van der Waals surface area contributed by atoms with Crippen molar-refractivity contribution in [1.82, 2.24) is 14.9 Å². The van der Waals surface area contributed by atoms with E-state index in [0.717, 1.165) is 11.3 Å². The molecule has 3 N–H and O–H groups in total. The molecule has 0 spiro atoms. The van der Waals surface area contributed by atoms with Crippen molar-refractivity contribution in [3.8, 4) is 0 Å². The van der Waals surface area contributed by atoms with Gasteiger partial charge >= 0.3 is 23.0 Å². The van der Waals surface area contributed by atoms with Gasteiger partial charge in [0.15, 0.2) is 0 Å². The number of hydrogen-bond donors (Lipinski definition) is 2. The Kier molecular flexibility index (Phi) is 17.6. The van der Waals surface area contributed by atoms with Gasteiger partial charge in [0, 0.05) is 19.3 Å². The van der Waals surface area contributed by atoms with Crippen LogP contribution in [0.5, 0.6) is 0 Å². The van der Waals surface area contributed by atoms with Gasteiger partial charge in [0.25, 0.3) is 0 Å². The molecule has 0 aliphatic carbocycles. The first kappa shape index (κ1) is 30.3. The molecule has 2 rings (SSSR count). The number of hydrogen-bond acceptors (Lipinski definition) is 5. The van der Waals surface area contributed by atoms with Crippen molar-refractivity contribution in [2.24, 2.45) is 5.73 Å². The van der Waals surface area contributed by atoms with Gasteiger partial charge in [0.05, 0.1) is 11.4 Å². The molecule has 0 atom stereocenters. The Bertz CT molecular complexity index is 836. The van der Waals surface area contributed by atoms with Gasteiger partial charge in [0.1, 0.15) is 5.69 Å². The van der Waals surface area contributed by atoms with Crippen LogP contribution in [-0.4, -0.2) is 32.5 Å². The number of nitrogens with two attached hydrogens (primary N) is 1. The molecule has 0 aliphatic heterocycles. The maximum atomic E-state index is 11.2. The molecule has 0 unspecified atom stereocenters. The Balaban J connectivity index is 0. The van der Waals surface area contributed by atoms with E-state index >= 15 is 0 Å². The first-order valence-electron chi connectivity index (χ1n) is 9.47. The van der Waals surface area contributed by atoms with E-state index in [1.807, 2.05) is 50.3 Å². The third kappa shape index (κ3) is 11.8. The largest absolute Gasteiger partial charge is 1.00 e. The summed E-state index contributed by atoms with van der Waals surface area (Å²) in [4.78, 5) is 21.9. The zero-order chi connectivity index (χ0) is 21.5. The first-order valence-corrected chi connectivity index (χ1v) is 9.47. The fourth-order valence-electron chi connectivity index (χ4n) is 2.49. The molecule has 7 heteroatoms. The van der Waals surface area contributed by atoms with E-state index in [0.29, 0.717) is 25.3 Å². The van der Waals surface area contributed by atoms with Gasteiger partial charge in [0.2, 0.25) is 0 Å². The number of aromatic nitrogens is 2. The van der Waals surface area contributed by atoms with E-state index < -0.39 is 5.97 Å². The third-order valence-electron chi connectivity index (χ3n) is 3.72. The van der Waals surface area contributed by atoms with Gasteiger partial charge in [-0.15, -0.1) is 6.08 Å². The minimum atomic E-state index is -1.04. The summed E-state index contributed by atoms with van der Waals surface area (Å²) in [7, 11) is 0. The van der Waals surface area contributed by atoms with Crippen LogP contribution >= 0.6 is 0 Å². The molecule has 0 saturated heterocycles. The normalized spacial score (nSPS) is 10.9. The molecule has 172 valence electrons. The Hall–Kier alpha value is -2.86. The van der Waals surface area contributed by atoms with E-state index in [2.05, 4.69) is 21.8 Å². The minimum Gasteiger partial charge on any atom is -0.477 e. The average molecular weight is 472 g/mol. The molecule has 0 aromatic carbocycles. The fourth-order valence-corrected chi connectivity index (χ4v) is 2.49. The van der Waals surface area contributed by atoms with Crippen molar-refractivity contribution in [2.45, 2.75) is 26.9 Å². The van der Waals surface area contributed by atoms with Crippen molar-refractivity contribution in [3.63, 3.8) is 0 Å². The number of aromatic carboxylic acids is 1. The standard InChI is InChI=1S/C21H23N4O2.C2H6.CH3.Cu/c1-2-17(8-3-5-12-22)14-25(15-18-9-4-6-13-23-18)16-19-10-7-11-20(24-19)21(26)27;1-2;;/h2-13H,1,14-16,22H2,(H,26,27);1-2H3;1H3;/q-1;;-1;+1/b8-3-,12-5-,17-2-;;;. The van der Waals surface area contributed by atoms with Gasteiger partial charge in [-0.25, -0.2) is 22.8 Å². The SMILES string of the molecule is CC.[CH2-]/C=C(/C=C\C=C/N)CN(Cc1ccccn1)Cc1cccc(C(=O)O)n1.[CH3-].[Cu+]. The van der Waals surface area contributed by atoms with Crippen LogP contribution in [0.2, 0.25) is 0 Å². The Labute approximate surface area is 197 Å². The molecule has 0 aliphatic rings. The quantitative estimate of drug-likeness (QED) is 0.319.